The van der Waals surface area contributed by atoms with Crippen molar-refractivity contribution in [2.45, 2.75) is 19.3 Å². The second-order valence-corrected chi connectivity index (χ2v) is 7.42. The summed E-state index contributed by atoms with van der Waals surface area (Å²) in [6.07, 6.45) is 0. The Morgan fingerprint density at radius 2 is 1.59 bits per heavy atom. The molecule has 0 radical (unpaired) electrons. The van der Waals surface area contributed by atoms with Gasteiger partial charge >= 0.3 is 5.95 Å². The first kappa shape index (κ1) is 20.8. The first-order valence-electron chi connectivity index (χ1n) is 9.49. The third-order valence-electron chi connectivity index (χ3n) is 5.03. The van der Waals surface area contributed by atoms with Crippen LogP contribution in [0.1, 0.15) is 30.9 Å². The summed E-state index contributed by atoms with van der Waals surface area (Å²) < 4.78 is 27.4. The Bertz CT molecular complexity index is 1410. The molecular weight excluding hydrogens is 412 g/mol. The smallest absolute Gasteiger partial charge is 0.338 e. The van der Waals surface area contributed by atoms with Crippen molar-refractivity contribution in [2.24, 2.45) is 0 Å². The summed E-state index contributed by atoms with van der Waals surface area (Å²) in [5.41, 5.74) is 1.85. The first-order valence-corrected chi connectivity index (χ1v) is 9.49. The molecule has 7 nitrogen and oxygen atoms in total. The van der Waals surface area contributed by atoms with Crippen molar-refractivity contribution < 1.29 is 8.78 Å². The maximum absolute atomic E-state index is 14.2. The Morgan fingerprint density at radius 1 is 0.938 bits per heavy atom. The van der Waals surface area contributed by atoms with Crippen LogP contribution in [0.5, 0.6) is 0 Å². The summed E-state index contributed by atoms with van der Waals surface area (Å²) in [4.78, 5) is 22.5. The van der Waals surface area contributed by atoms with Gasteiger partial charge in [0.2, 0.25) is 17.6 Å². The molecule has 4 aromatic heterocycles. The van der Waals surface area contributed by atoms with Crippen LogP contribution in [0.25, 0.3) is 27.5 Å². The van der Waals surface area contributed by atoms with Crippen LogP contribution in [0.4, 0.5) is 14.7 Å². The van der Waals surface area contributed by atoms with E-state index in [1.54, 1.807) is 30.3 Å². The van der Waals surface area contributed by atoms with Gasteiger partial charge in [0.25, 0.3) is 0 Å². The minimum atomic E-state index is -0.938. The fraction of sp³-hybridized carbons (Fsp3) is 0.130. The zero-order valence-electron chi connectivity index (χ0n) is 17.1. The van der Waals surface area contributed by atoms with Gasteiger partial charge in [-0.15, -0.1) is 11.6 Å². The van der Waals surface area contributed by atoms with Gasteiger partial charge in [-0.3, -0.25) is 4.98 Å². The van der Waals surface area contributed by atoms with E-state index in [9.17, 15) is 14.0 Å². The largest absolute Gasteiger partial charge is 0.397 e. The molecule has 0 bridgehead atoms. The summed E-state index contributed by atoms with van der Waals surface area (Å²) in [7, 11) is 0. The highest BCUT2D eigenvalue weighted by molar-refractivity contribution is 5.64. The molecule has 4 heterocycles. The van der Waals surface area contributed by atoms with Crippen LogP contribution in [0.3, 0.4) is 0 Å². The van der Waals surface area contributed by atoms with Crippen molar-refractivity contribution in [1.29, 1.82) is 5.26 Å². The monoisotopic (exact) mass is 427 g/mol. The highest BCUT2D eigenvalue weighted by Crippen LogP contribution is 2.32. The van der Waals surface area contributed by atoms with Crippen molar-refractivity contribution in [2.75, 3.05) is 0 Å². The fourth-order valence-corrected chi connectivity index (χ4v) is 3.27. The second kappa shape index (κ2) is 7.97. The van der Waals surface area contributed by atoms with Gasteiger partial charge in [-0.05, 0) is 50.2 Å². The van der Waals surface area contributed by atoms with E-state index >= 15 is 0 Å². The average Bonchev–Trinajstić information content (AvgIpc) is 3.23. The lowest BCUT2D eigenvalue weighted by Gasteiger charge is -2.24. The van der Waals surface area contributed by atoms with Crippen molar-refractivity contribution >= 4 is 5.95 Å². The number of aromatic nitrogens is 5. The van der Waals surface area contributed by atoms with E-state index in [4.69, 9.17) is 6.57 Å². The zero-order chi connectivity index (χ0) is 22.9. The summed E-state index contributed by atoms with van der Waals surface area (Å²) in [6, 6.07) is 14.8. The number of pyridine rings is 3. The van der Waals surface area contributed by atoms with E-state index in [2.05, 4.69) is 29.8 Å². The Hall–Kier alpha value is -4.50. The number of hydrogen-bond acceptors (Lipinski definition) is 5. The van der Waals surface area contributed by atoms with E-state index in [0.29, 0.717) is 28.5 Å². The van der Waals surface area contributed by atoms with Gasteiger partial charge in [0.1, 0.15) is 11.8 Å². The molecule has 4 rings (SSSR count). The van der Waals surface area contributed by atoms with E-state index in [0.717, 1.165) is 6.07 Å². The summed E-state index contributed by atoms with van der Waals surface area (Å²) in [5, 5.41) is 9.34. The lowest BCUT2D eigenvalue weighted by atomic mass is 9.84. The van der Waals surface area contributed by atoms with Gasteiger partial charge in [-0.25, -0.2) is 4.98 Å². The summed E-state index contributed by atoms with van der Waals surface area (Å²) in [6.45, 7) is 10.9. The molecular formula is C23H15F2N7. The molecule has 0 unspecified atom stereocenters. The molecule has 0 fully saturated rings. The molecule has 0 aromatic carbocycles. The Balaban J connectivity index is 1.77. The van der Waals surface area contributed by atoms with Crippen molar-refractivity contribution in [3.8, 4) is 28.7 Å². The maximum Gasteiger partial charge on any atom is 0.338 e. The highest BCUT2D eigenvalue weighted by Gasteiger charge is 2.28. The molecule has 0 spiro atoms. The number of H-pyrrole nitrogens is 1. The molecule has 0 aliphatic heterocycles. The Morgan fingerprint density at radius 3 is 2.22 bits per heavy atom. The molecule has 4 aromatic rings. The predicted molar refractivity (Wildman–Crippen MR) is 112 cm³/mol. The number of imidazole rings is 1. The van der Waals surface area contributed by atoms with E-state index < -0.39 is 17.3 Å². The normalized spacial score (nSPS) is 11.1. The third-order valence-corrected chi connectivity index (χ3v) is 5.03. The van der Waals surface area contributed by atoms with Gasteiger partial charge in [0.15, 0.2) is 5.69 Å². The average molecular weight is 427 g/mol. The minimum absolute atomic E-state index is 0.00677. The van der Waals surface area contributed by atoms with E-state index in [1.807, 2.05) is 26.0 Å². The molecule has 0 aliphatic rings. The molecule has 156 valence electrons. The van der Waals surface area contributed by atoms with Crippen LogP contribution in [0.2, 0.25) is 0 Å². The number of nitriles is 1. The van der Waals surface area contributed by atoms with Gasteiger partial charge < -0.3 is 9.83 Å². The van der Waals surface area contributed by atoms with Gasteiger partial charge in [-0.2, -0.15) is 19.0 Å². The van der Waals surface area contributed by atoms with Crippen molar-refractivity contribution in [1.82, 2.24) is 24.9 Å². The van der Waals surface area contributed by atoms with Crippen molar-refractivity contribution in [3.05, 3.63) is 88.9 Å². The molecule has 32 heavy (non-hydrogen) atoms. The van der Waals surface area contributed by atoms with Crippen LogP contribution in [0, 0.1) is 29.8 Å². The minimum Gasteiger partial charge on any atom is -0.397 e. The lowest BCUT2D eigenvalue weighted by molar-refractivity contribution is 0.514. The topological polar surface area (TPSA) is 95.5 Å². The van der Waals surface area contributed by atoms with E-state index in [-0.39, 0.29) is 17.2 Å². The summed E-state index contributed by atoms with van der Waals surface area (Å²) in [5.74, 6) is -1.83. The molecule has 0 aliphatic carbocycles. The van der Waals surface area contributed by atoms with E-state index in [1.165, 1.54) is 6.07 Å². The Labute approximate surface area is 182 Å². The first-order chi connectivity index (χ1) is 15.3. The van der Waals surface area contributed by atoms with Crippen molar-refractivity contribution in [3.63, 3.8) is 0 Å². The summed E-state index contributed by atoms with van der Waals surface area (Å²) >= 11 is 0. The van der Waals surface area contributed by atoms with Crippen LogP contribution in [-0.2, 0) is 5.41 Å². The molecule has 0 amide bonds. The predicted octanol–water partition coefficient (Wildman–Crippen LogP) is 4.96. The fourth-order valence-electron chi connectivity index (χ4n) is 3.27. The number of halogens is 2. The SMILES string of the molecule is [C-]#[N+]c1nc(C#N)c(-c2cccc(C(C)(C)c3cccc(-c4ccc(F)nc4F)n3)n2)[nH]1. The second-order valence-electron chi connectivity index (χ2n) is 7.42. The quantitative estimate of drug-likeness (QED) is 0.367. The third kappa shape index (κ3) is 3.68. The number of aromatic amines is 1. The van der Waals surface area contributed by atoms with Crippen LogP contribution >= 0.6 is 0 Å². The number of nitrogens with one attached hydrogen (secondary N) is 1. The highest BCUT2D eigenvalue weighted by atomic mass is 19.1. The molecule has 1 N–H and O–H groups in total. The molecule has 0 saturated carbocycles. The lowest BCUT2D eigenvalue weighted by Crippen LogP contribution is -2.22. The van der Waals surface area contributed by atoms with Crippen LogP contribution in [0.15, 0.2) is 48.5 Å². The number of rotatable bonds is 4. The van der Waals surface area contributed by atoms with Gasteiger partial charge in [0.05, 0.1) is 22.6 Å². The van der Waals surface area contributed by atoms with Gasteiger partial charge in [-0.1, -0.05) is 12.1 Å². The maximum atomic E-state index is 14.2. The number of hydrogen-bond donors (Lipinski definition) is 1. The number of nitrogens with zero attached hydrogens (tertiary/aromatic N) is 6. The van der Waals surface area contributed by atoms with Crippen LogP contribution in [-0.4, -0.2) is 24.9 Å². The van der Waals surface area contributed by atoms with Crippen LogP contribution < -0.4 is 0 Å². The molecule has 0 atom stereocenters. The van der Waals surface area contributed by atoms with Gasteiger partial charge in [0, 0.05) is 5.41 Å². The zero-order valence-corrected chi connectivity index (χ0v) is 17.1. The molecule has 9 heteroatoms. The Kier molecular flexibility index (Phi) is 5.17. The standard InChI is InChI=1S/C23H15F2N7/c1-23(2,17-8-4-6-14(28-17)13-10-11-19(24)31-21(13)25)18-9-5-7-15(29-18)20-16(12-26)30-22(27-3)32-20/h4-11H,1-2H3,(H,30,32). The molecule has 0 saturated heterocycles.